The van der Waals surface area contributed by atoms with Crippen molar-refractivity contribution in [1.82, 2.24) is 4.98 Å². The third-order valence-electron chi connectivity index (χ3n) is 4.35. The van der Waals surface area contributed by atoms with Crippen LogP contribution in [0.15, 0.2) is 23.8 Å². The first-order valence-electron chi connectivity index (χ1n) is 9.85. The molecule has 1 aliphatic rings. The van der Waals surface area contributed by atoms with Gasteiger partial charge in [0.25, 0.3) is 0 Å². The molecule has 1 unspecified atom stereocenters. The van der Waals surface area contributed by atoms with Crippen LogP contribution in [0.1, 0.15) is 66.0 Å². The molecule has 1 aromatic rings. The SMILES string of the molecule is Cc1nc(OCCC(C)(C)O)ccc1OC1C=C(COC(C)(C)C)CCC1. The van der Waals surface area contributed by atoms with Crippen molar-refractivity contribution in [3.8, 4) is 11.6 Å². The van der Waals surface area contributed by atoms with E-state index in [1.165, 1.54) is 5.57 Å². The van der Waals surface area contributed by atoms with Crippen LogP contribution >= 0.6 is 0 Å². The van der Waals surface area contributed by atoms with Gasteiger partial charge in [-0.25, -0.2) is 4.98 Å². The average Bonchev–Trinajstić information content (AvgIpc) is 2.54. The Hall–Kier alpha value is -1.59. The Balaban J connectivity index is 1.92. The number of pyridine rings is 1. The van der Waals surface area contributed by atoms with E-state index in [4.69, 9.17) is 14.2 Å². The number of aromatic nitrogens is 1. The Morgan fingerprint density at radius 3 is 2.56 bits per heavy atom. The van der Waals surface area contributed by atoms with Gasteiger partial charge in [0.05, 0.1) is 30.1 Å². The lowest BCUT2D eigenvalue weighted by atomic mass is 9.97. The van der Waals surface area contributed by atoms with Gasteiger partial charge < -0.3 is 19.3 Å². The minimum atomic E-state index is -0.736. The van der Waals surface area contributed by atoms with E-state index in [-0.39, 0.29) is 11.7 Å². The summed E-state index contributed by atoms with van der Waals surface area (Å²) in [6.07, 6.45) is 5.98. The number of aryl methyl sites for hydroxylation is 1. The molecular formula is C22H35NO4. The molecular weight excluding hydrogens is 342 g/mol. The molecule has 0 fully saturated rings. The zero-order chi connectivity index (χ0) is 20.1. The lowest BCUT2D eigenvalue weighted by molar-refractivity contribution is 0.00891. The van der Waals surface area contributed by atoms with Gasteiger partial charge >= 0.3 is 0 Å². The number of nitrogens with zero attached hydrogens (tertiary/aromatic N) is 1. The van der Waals surface area contributed by atoms with Gasteiger partial charge in [-0.2, -0.15) is 0 Å². The van der Waals surface area contributed by atoms with Gasteiger partial charge in [-0.15, -0.1) is 0 Å². The first kappa shape index (κ1) is 21.7. The van der Waals surface area contributed by atoms with E-state index in [9.17, 15) is 5.11 Å². The molecule has 0 aliphatic heterocycles. The largest absolute Gasteiger partial charge is 0.484 e. The number of hydrogen-bond donors (Lipinski definition) is 1. The highest BCUT2D eigenvalue weighted by molar-refractivity contribution is 5.31. The summed E-state index contributed by atoms with van der Waals surface area (Å²) in [7, 11) is 0. The standard InChI is InChI=1S/C22H35NO4/c1-16-19(10-11-20(23-16)25-13-12-22(5,6)24)27-18-9-7-8-17(14-18)15-26-21(2,3)4/h10-11,14,18,24H,7-9,12-13,15H2,1-6H3. The molecule has 1 N–H and O–H groups in total. The fourth-order valence-electron chi connectivity index (χ4n) is 2.78. The molecule has 0 amide bonds. The molecule has 1 heterocycles. The van der Waals surface area contributed by atoms with Crippen molar-refractivity contribution >= 4 is 0 Å². The minimum absolute atomic E-state index is 0.0553. The summed E-state index contributed by atoms with van der Waals surface area (Å²) in [6.45, 7) is 12.8. The lowest BCUT2D eigenvalue weighted by Crippen LogP contribution is -2.24. The van der Waals surface area contributed by atoms with Crippen molar-refractivity contribution in [1.29, 1.82) is 0 Å². The van der Waals surface area contributed by atoms with Crippen LogP contribution in [0, 0.1) is 6.92 Å². The summed E-state index contributed by atoms with van der Waals surface area (Å²) >= 11 is 0. The van der Waals surface area contributed by atoms with Crippen LogP contribution in [-0.2, 0) is 4.74 Å². The van der Waals surface area contributed by atoms with Gasteiger partial charge in [-0.05, 0) is 78.5 Å². The average molecular weight is 378 g/mol. The fraction of sp³-hybridized carbons (Fsp3) is 0.682. The van der Waals surface area contributed by atoms with E-state index in [1.807, 2.05) is 19.1 Å². The smallest absolute Gasteiger partial charge is 0.213 e. The van der Waals surface area contributed by atoms with Gasteiger partial charge in [0, 0.05) is 12.5 Å². The summed E-state index contributed by atoms with van der Waals surface area (Å²) < 4.78 is 17.7. The Labute approximate surface area is 163 Å². The van der Waals surface area contributed by atoms with Crippen LogP contribution in [0.2, 0.25) is 0 Å². The normalized spacial score (nSPS) is 18.2. The number of aliphatic hydroxyl groups is 1. The fourth-order valence-corrected chi connectivity index (χ4v) is 2.78. The third kappa shape index (κ3) is 8.31. The molecule has 2 rings (SSSR count). The van der Waals surface area contributed by atoms with Crippen molar-refractivity contribution < 1.29 is 19.3 Å². The van der Waals surface area contributed by atoms with Gasteiger partial charge in [0.1, 0.15) is 11.9 Å². The molecule has 5 heteroatoms. The number of rotatable bonds is 8. The summed E-state index contributed by atoms with van der Waals surface area (Å²) in [4.78, 5) is 4.47. The van der Waals surface area contributed by atoms with Crippen molar-refractivity contribution in [3.63, 3.8) is 0 Å². The maximum Gasteiger partial charge on any atom is 0.213 e. The van der Waals surface area contributed by atoms with Crippen LogP contribution in [0.4, 0.5) is 0 Å². The minimum Gasteiger partial charge on any atom is -0.484 e. The Kier molecular flexibility index (Phi) is 7.29. The van der Waals surface area contributed by atoms with Gasteiger partial charge in [0.15, 0.2) is 0 Å². The van der Waals surface area contributed by atoms with Gasteiger partial charge in [-0.1, -0.05) is 0 Å². The first-order valence-corrected chi connectivity index (χ1v) is 9.85. The quantitative estimate of drug-likeness (QED) is 0.671. The molecule has 1 aliphatic carbocycles. The van der Waals surface area contributed by atoms with Crippen molar-refractivity contribution in [3.05, 3.63) is 29.5 Å². The van der Waals surface area contributed by atoms with E-state index < -0.39 is 5.60 Å². The maximum atomic E-state index is 9.75. The predicted molar refractivity (Wildman–Crippen MR) is 107 cm³/mol. The Morgan fingerprint density at radius 1 is 1.19 bits per heavy atom. The summed E-state index contributed by atoms with van der Waals surface area (Å²) in [6, 6.07) is 3.73. The molecule has 0 radical (unpaired) electrons. The van der Waals surface area contributed by atoms with Crippen LogP contribution in [0.5, 0.6) is 11.6 Å². The molecule has 1 atom stereocenters. The van der Waals surface area contributed by atoms with Crippen molar-refractivity contribution in [2.45, 2.75) is 84.5 Å². The highest BCUT2D eigenvalue weighted by Crippen LogP contribution is 2.27. The number of ether oxygens (including phenoxy) is 3. The monoisotopic (exact) mass is 377 g/mol. The second kappa shape index (κ2) is 9.07. The molecule has 5 nitrogen and oxygen atoms in total. The van der Waals surface area contributed by atoms with Crippen LogP contribution in [-0.4, -0.2) is 40.6 Å². The van der Waals surface area contributed by atoms with Crippen LogP contribution < -0.4 is 9.47 Å². The lowest BCUT2D eigenvalue weighted by Gasteiger charge is -2.26. The molecule has 0 saturated heterocycles. The molecule has 0 aromatic carbocycles. The van der Waals surface area contributed by atoms with E-state index in [0.29, 0.717) is 25.5 Å². The van der Waals surface area contributed by atoms with E-state index in [0.717, 1.165) is 30.7 Å². The van der Waals surface area contributed by atoms with E-state index in [2.05, 4.69) is 31.8 Å². The van der Waals surface area contributed by atoms with Crippen LogP contribution in [0.3, 0.4) is 0 Å². The van der Waals surface area contributed by atoms with Gasteiger partial charge in [-0.3, -0.25) is 0 Å². The van der Waals surface area contributed by atoms with E-state index in [1.54, 1.807) is 13.8 Å². The summed E-state index contributed by atoms with van der Waals surface area (Å²) in [5.41, 5.74) is 1.25. The second-order valence-corrected chi connectivity index (χ2v) is 8.92. The summed E-state index contributed by atoms with van der Waals surface area (Å²) in [5.74, 6) is 1.34. The Bertz CT molecular complexity index is 641. The Morgan fingerprint density at radius 2 is 1.93 bits per heavy atom. The number of hydrogen-bond acceptors (Lipinski definition) is 5. The van der Waals surface area contributed by atoms with Gasteiger partial charge in [0.2, 0.25) is 5.88 Å². The maximum absolute atomic E-state index is 9.75. The predicted octanol–water partition coefficient (Wildman–Crippen LogP) is 4.60. The van der Waals surface area contributed by atoms with Crippen molar-refractivity contribution in [2.75, 3.05) is 13.2 Å². The van der Waals surface area contributed by atoms with E-state index >= 15 is 0 Å². The second-order valence-electron chi connectivity index (χ2n) is 8.92. The molecule has 0 spiro atoms. The molecule has 0 saturated carbocycles. The molecule has 1 aromatic heterocycles. The zero-order valence-electron chi connectivity index (χ0n) is 17.7. The highest BCUT2D eigenvalue weighted by atomic mass is 16.5. The first-order chi connectivity index (χ1) is 12.5. The topological polar surface area (TPSA) is 60.8 Å². The highest BCUT2D eigenvalue weighted by Gasteiger charge is 2.19. The molecule has 152 valence electrons. The third-order valence-corrected chi connectivity index (χ3v) is 4.35. The van der Waals surface area contributed by atoms with Crippen molar-refractivity contribution in [2.24, 2.45) is 0 Å². The zero-order valence-corrected chi connectivity index (χ0v) is 17.7. The molecule has 27 heavy (non-hydrogen) atoms. The van der Waals surface area contributed by atoms with Crippen LogP contribution in [0.25, 0.3) is 0 Å². The molecule has 0 bridgehead atoms. The summed E-state index contributed by atoms with van der Waals surface area (Å²) in [5, 5.41) is 9.75.